The van der Waals surface area contributed by atoms with Crippen LogP contribution in [0.4, 0.5) is 5.69 Å². The number of nitrogens with zero attached hydrogens (tertiary/aromatic N) is 1. The lowest BCUT2D eigenvalue weighted by Crippen LogP contribution is -2.32. The second-order valence-corrected chi connectivity index (χ2v) is 7.02. The number of halogens is 3. The topological polar surface area (TPSA) is 54.0 Å². The van der Waals surface area contributed by atoms with Gasteiger partial charge in [-0.2, -0.15) is 0 Å². The van der Waals surface area contributed by atoms with Gasteiger partial charge in [0.05, 0.1) is 34.0 Å². The Bertz CT molecular complexity index is 858. The number of hydrogen-bond acceptors (Lipinski definition) is 3. The van der Waals surface area contributed by atoms with Crippen molar-refractivity contribution >= 4 is 46.4 Å². The van der Waals surface area contributed by atoms with Gasteiger partial charge in [-0.1, -0.05) is 71.2 Å². The molecule has 3 rings (SSSR count). The van der Waals surface area contributed by atoms with E-state index >= 15 is 0 Å². The van der Waals surface area contributed by atoms with Gasteiger partial charge in [-0.3, -0.25) is 15.1 Å². The molecule has 0 aliphatic rings. The number of nitrogens with one attached hydrogen (secondary N) is 2. The monoisotopic (exact) mass is 419 g/mol. The zero-order chi connectivity index (χ0) is 19.2. The summed E-state index contributed by atoms with van der Waals surface area (Å²) in [5.74, 6) is -0.280. The van der Waals surface area contributed by atoms with Crippen molar-refractivity contribution in [2.24, 2.45) is 0 Å². The summed E-state index contributed by atoms with van der Waals surface area (Å²) in [6.07, 6.45) is 1.72. The molecular weight excluding hydrogens is 405 g/mol. The number of benzene rings is 2. The summed E-state index contributed by atoms with van der Waals surface area (Å²) >= 11 is 18.1. The molecule has 0 saturated heterocycles. The third-order valence-electron chi connectivity index (χ3n) is 3.85. The van der Waals surface area contributed by atoms with Crippen LogP contribution in [-0.4, -0.2) is 17.4 Å². The molecule has 1 amide bonds. The maximum atomic E-state index is 12.4. The summed E-state index contributed by atoms with van der Waals surface area (Å²) in [5.41, 5.74) is 2.16. The third kappa shape index (κ3) is 5.21. The Morgan fingerprint density at radius 3 is 2.26 bits per heavy atom. The minimum atomic E-state index is -0.280. The standard InChI is InChI=1S/C20H16Cl3N3O/c21-14-10-15(22)20(16(23)11-14)26-18(27)12-25-19(13-6-2-1-3-7-13)17-8-4-5-9-24-17/h1-11,19,25H,12H2,(H,26,27). The second-order valence-electron chi connectivity index (χ2n) is 5.77. The number of anilines is 1. The summed E-state index contributed by atoms with van der Waals surface area (Å²) in [7, 11) is 0. The SMILES string of the molecule is O=C(CNC(c1ccccc1)c1ccccn1)Nc1c(Cl)cc(Cl)cc1Cl. The molecule has 0 aliphatic heterocycles. The molecule has 4 nitrogen and oxygen atoms in total. The number of amides is 1. The van der Waals surface area contributed by atoms with Crippen molar-refractivity contribution in [3.8, 4) is 0 Å². The molecule has 0 spiro atoms. The van der Waals surface area contributed by atoms with Crippen LogP contribution in [-0.2, 0) is 4.79 Å². The van der Waals surface area contributed by atoms with Crippen molar-refractivity contribution in [2.75, 3.05) is 11.9 Å². The minimum absolute atomic E-state index is 0.0470. The van der Waals surface area contributed by atoms with Crippen molar-refractivity contribution in [2.45, 2.75) is 6.04 Å². The minimum Gasteiger partial charge on any atom is -0.322 e. The zero-order valence-corrected chi connectivity index (χ0v) is 16.4. The van der Waals surface area contributed by atoms with Gasteiger partial charge < -0.3 is 5.32 Å². The molecular formula is C20H16Cl3N3O. The van der Waals surface area contributed by atoms with Crippen LogP contribution in [0.15, 0.2) is 66.9 Å². The van der Waals surface area contributed by atoms with Crippen LogP contribution < -0.4 is 10.6 Å². The summed E-state index contributed by atoms with van der Waals surface area (Å²) in [5, 5.41) is 6.92. The van der Waals surface area contributed by atoms with Gasteiger partial charge in [0, 0.05) is 11.2 Å². The first-order valence-electron chi connectivity index (χ1n) is 8.18. The van der Waals surface area contributed by atoms with Crippen LogP contribution in [0.25, 0.3) is 0 Å². The van der Waals surface area contributed by atoms with Crippen LogP contribution in [0.2, 0.25) is 15.1 Å². The number of carbonyl (C=O) groups excluding carboxylic acids is 1. The van der Waals surface area contributed by atoms with E-state index in [1.807, 2.05) is 48.5 Å². The highest BCUT2D eigenvalue weighted by molar-refractivity contribution is 6.42. The number of pyridine rings is 1. The molecule has 138 valence electrons. The Hall–Kier alpha value is -2.11. The van der Waals surface area contributed by atoms with Crippen molar-refractivity contribution < 1.29 is 4.79 Å². The van der Waals surface area contributed by atoms with E-state index in [0.29, 0.717) is 10.7 Å². The molecule has 0 fully saturated rings. The normalized spacial score (nSPS) is 11.8. The van der Waals surface area contributed by atoms with Gasteiger partial charge in [0.1, 0.15) is 0 Å². The fraction of sp³-hybridized carbons (Fsp3) is 0.100. The maximum Gasteiger partial charge on any atom is 0.238 e. The zero-order valence-electron chi connectivity index (χ0n) is 14.1. The third-order valence-corrected chi connectivity index (χ3v) is 4.67. The average Bonchev–Trinajstić information content (AvgIpc) is 2.66. The molecule has 1 atom stereocenters. The van der Waals surface area contributed by atoms with Crippen LogP contribution in [0.3, 0.4) is 0 Å². The lowest BCUT2D eigenvalue weighted by atomic mass is 10.0. The Balaban J connectivity index is 1.73. The molecule has 2 aromatic carbocycles. The lowest BCUT2D eigenvalue weighted by Gasteiger charge is -2.19. The molecule has 0 aliphatic carbocycles. The molecule has 0 radical (unpaired) electrons. The van der Waals surface area contributed by atoms with Gasteiger partial charge in [-0.15, -0.1) is 0 Å². The van der Waals surface area contributed by atoms with Gasteiger partial charge in [-0.25, -0.2) is 0 Å². The van der Waals surface area contributed by atoms with E-state index in [-0.39, 0.29) is 28.5 Å². The van der Waals surface area contributed by atoms with Crippen LogP contribution in [0.5, 0.6) is 0 Å². The van der Waals surface area contributed by atoms with Crippen molar-refractivity contribution in [1.29, 1.82) is 0 Å². The van der Waals surface area contributed by atoms with Crippen LogP contribution >= 0.6 is 34.8 Å². The molecule has 1 unspecified atom stereocenters. The highest BCUT2D eigenvalue weighted by Crippen LogP contribution is 2.33. The first-order chi connectivity index (χ1) is 13.0. The second kappa shape index (κ2) is 9.20. The van der Waals surface area contributed by atoms with E-state index < -0.39 is 0 Å². The Labute approximate surface area is 172 Å². The first kappa shape index (κ1) is 19.6. The molecule has 0 bridgehead atoms. The molecule has 1 heterocycles. The highest BCUT2D eigenvalue weighted by atomic mass is 35.5. The summed E-state index contributed by atoms with van der Waals surface area (Å²) in [4.78, 5) is 16.8. The van der Waals surface area contributed by atoms with Gasteiger partial charge in [0.25, 0.3) is 0 Å². The highest BCUT2D eigenvalue weighted by Gasteiger charge is 2.17. The number of carbonyl (C=O) groups is 1. The number of aromatic nitrogens is 1. The van der Waals surface area contributed by atoms with Gasteiger partial charge in [-0.05, 0) is 29.8 Å². The molecule has 7 heteroatoms. The van der Waals surface area contributed by atoms with Crippen LogP contribution in [0.1, 0.15) is 17.3 Å². The van der Waals surface area contributed by atoms with E-state index in [9.17, 15) is 4.79 Å². The van der Waals surface area contributed by atoms with E-state index in [2.05, 4.69) is 15.6 Å². The Morgan fingerprint density at radius 1 is 0.963 bits per heavy atom. The predicted octanol–water partition coefficient (Wildman–Crippen LogP) is 5.36. The number of rotatable bonds is 6. The average molecular weight is 421 g/mol. The molecule has 1 aromatic heterocycles. The molecule has 2 N–H and O–H groups in total. The largest absolute Gasteiger partial charge is 0.322 e. The quantitative estimate of drug-likeness (QED) is 0.564. The maximum absolute atomic E-state index is 12.4. The van der Waals surface area contributed by atoms with Crippen molar-refractivity contribution in [3.05, 3.63) is 93.2 Å². The predicted molar refractivity (Wildman–Crippen MR) is 111 cm³/mol. The summed E-state index contributed by atoms with van der Waals surface area (Å²) < 4.78 is 0. The van der Waals surface area contributed by atoms with Gasteiger partial charge in [0.15, 0.2) is 0 Å². The Kier molecular flexibility index (Phi) is 6.69. The fourth-order valence-electron chi connectivity index (χ4n) is 2.63. The van der Waals surface area contributed by atoms with Gasteiger partial charge >= 0.3 is 0 Å². The van der Waals surface area contributed by atoms with Crippen molar-refractivity contribution in [1.82, 2.24) is 10.3 Å². The van der Waals surface area contributed by atoms with Crippen LogP contribution in [0, 0.1) is 0 Å². The number of hydrogen-bond donors (Lipinski definition) is 2. The van der Waals surface area contributed by atoms with Gasteiger partial charge in [0.2, 0.25) is 5.91 Å². The summed E-state index contributed by atoms with van der Waals surface area (Å²) in [6, 6.07) is 18.3. The molecule has 27 heavy (non-hydrogen) atoms. The van der Waals surface area contributed by atoms with E-state index in [1.54, 1.807) is 6.20 Å². The smallest absolute Gasteiger partial charge is 0.238 e. The van der Waals surface area contributed by atoms with Crippen molar-refractivity contribution in [3.63, 3.8) is 0 Å². The van der Waals surface area contributed by atoms with E-state index in [4.69, 9.17) is 34.8 Å². The summed E-state index contributed by atoms with van der Waals surface area (Å²) in [6.45, 7) is 0.0470. The van der Waals surface area contributed by atoms with E-state index in [1.165, 1.54) is 12.1 Å². The molecule has 0 saturated carbocycles. The van der Waals surface area contributed by atoms with E-state index in [0.717, 1.165) is 11.3 Å². The lowest BCUT2D eigenvalue weighted by molar-refractivity contribution is -0.115. The molecule has 3 aromatic rings. The Morgan fingerprint density at radius 2 is 1.63 bits per heavy atom. The first-order valence-corrected chi connectivity index (χ1v) is 9.31. The fourth-order valence-corrected chi connectivity index (χ4v) is 3.54.